The van der Waals surface area contributed by atoms with E-state index in [1.165, 1.54) is 11.5 Å². The first kappa shape index (κ1) is 17.7. The van der Waals surface area contributed by atoms with Crippen molar-refractivity contribution in [2.75, 3.05) is 13.2 Å². The zero-order valence-electron chi connectivity index (χ0n) is 13.3. The molecule has 0 radical (unpaired) electrons. The van der Waals surface area contributed by atoms with Gasteiger partial charge >= 0.3 is 11.9 Å². The molecule has 0 fully saturated rings. The second-order valence-electron chi connectivity index (χ2n) is 4.58. The monoisotopic (exact) mass is 311 g/mol. The minimum absolute atomic E-state index is 0.0497. The van der Waals surface area contributed by atoms with Crippen molar-refractivity contribution in [2.45, 2.75) is 40.7 Å². The number of hydrogen-bond donors (Lipinski definition) is 1. The molecule has 0 amide bonds. The van der Waals surface area contributed by atoms with E-state index in [1.807, 2.05) is 6.92 Å². The van der Waals surface area contributed by atoms with Crippen LogP contribution >= 0.6 is 0 Å². The molecule has 1 N–H and O–H groups in total. The fourth-order valence-electron chi connectivity index (χ4n) is 2.15. The fraction of sp³-hybridized carbons (Fsp3) is 0.533. The number of hydrogen-bond acceptors (Lipinski definition) is 6. The molecule has 1 aromatic heterocycles. The summed E-state index contributed by atoms with van der Waals surface area (Å²) in [6.45, 7) is 7.06. The van der Waals surface area contributed by atoms with E-state index >= 15 is 0 Å². The third-order valence-corrected chi connectivity index (χ3v) is 3.11. The molecule has 0 saturated carbocycles. The molecule has 0 unspecified atom stereocenters. The minimum Gasteiger partial charge on any atom is -0.506 e. The van der Waals surface area contributed by atoms with Gasteiger partial charge in [-0.3, -0.25) is 4.79 Å². The second-order valence-corrected chi connectivity index (χ2v) is 4.58. The number of pyridine rings is 1. The normalized spacial score (nSPS) is 10.4. The Kier molecular flexibility index (Phi) is 6.15. The third-order valence-electron chi connectivity index (χ3n) is 3.11. The van der Waals surface area contributed by atoms with E-state index in [0.29, 0.717) is 13.0 Å². The number of ether oxygens (including phenoxy) is 2. The molecule has 1 aromatic rings. The molecule has 0 aliphatic rings. The number of carbonyl (C=O) groups is 2. The molecule has 0 saturated heterocycles. The molecule has 122 valence electrons. The van der Waals surface area contributed by atoms with E-state index < -0.39 is 28.8 Å². The number of esters is 2. The van der Waals surface area contributed by atoms with Crippen LogP contribution in [0.1, 0.15) is 53.6 Å². The van der Waals surface area contributed by atoms with Crippen LogP contribution in [0.2, 0.25) is 0 Å². The number of nitrogens with zero attached hydrogens (tertiary/aromatic N) is 1. The first-order chi connectivity index (χ1) is 10.4. The third kappa shape index (κ3) is 3.29. The summed E-state index contributed by atoms with van der Waals surface area (Å²) in [5, 5.41) is 10.2. The zero-order chi connectivity index (χ0) is 16.9. The largest absolute Gasteiger partial charge is 0.506 e. The summed E-state index contributed by atoms with van der Waals surface area (Å²) in [4.78, 5) is 36.4. The standard InChI is InChI=1S/C15H21NO6/c1-5-8-16-9(4)10(14(19)21-6-2)12(17)11(13(16)18)15(20)22-7-3/h17H,5-8H2,1-4H3. The molecule has 22 heavy (non-hydrogen) atoms. The molecule has 7 nitrogen and oxygen atoms in total. The second kappa shape index (κ2) is 7.63. The van der Waals surface area contributed by atoms with Crippen LogP contribution in [0.4, 0.5) is 0 Å². The highest BCUT2D eigenvalue weighted by atomic mass is 16.5. The highest BCUT2D eigenvalue weighted by molar-refractivity contribution is 6.00. The quantitative estimate of drug-likeness (QED) is 0.802. The number of rotatable bonds is 6. The van der Waals surface area contributed by atoms with Gasteiger partial charge in [-0.15, -0.1) is 0 Å². The van der Waals surface area contributed by atoms with Gasteiger partial charge in [0, 0.05) is 12.2 Å². The fourth-order valence-corrected chi connectivity index (χ4v) is 2.15. The summed E-state index contributed by atoms with van der Waals surface area (Å²) in [6.07, 6.45) is 0.621. The minimum atomic E-state index is -0.958. The maximum absolute atomic E-state index is 12.4. The van der Waals surface area contributed by atoms with Crippen LogP contribution in [-0.2, 0) is 16.0 Å². The van der Waals surface area contributed by atoms with Crippen LogP contribution in [0, 0.1) is 6.92 Å². The van der Waals surface area contributed by atoms with Crippen molar-refractivity contribution >= 4 is 11.9 Å². The molecule has 0 aliphatic carbocycles. The zero-order valence-corrected chi connectivity index (χ0v) is 13.3. The SMILES string of the molecule is CCCn1c(C)c(C(=O)OCC)c(O)c(C(=O)OCC)c1=O. The predicted molar refractivity (Wildman–Crippen MR) is 79.3 cm³/mol. The van der Waals surface area contributed by atoms with E-state index in [4.69, 9.17) is 9.47 Å². The van der Waals surface area contributed by atoms with E-state index in [2.05, 4.69) is 0 Å². The van der Waals surface area contributed by atoms with Crippen LogP contribution in [0.3, 0.4) is 0 Å². The summed E-state index contributed by atoms with van der Waals surface area (Å²) >= 11 is 0. The molecule has 1 rings (SSSR count). The summed E-state index contributed by atoms with van der Waals surface area (Å²) in [5.74, 6) is -2.43. The van der Waals surface area contributed by atoms with Gasteiger partial charge in [-0.25, -0.2) is 9.59 Å². The Labute approximate surface area is 128 Å². The first-order valence-electron chi connectivity index (χ1n) is 7.21. The average Bonchev–Trinajstić information content (AvgIpc) is 2.44. The average molecular weight is 311 g/mol. The van der Waals surface area contributed by atoms with E-state index in [0.717, 1.165) is 0 Å². The molecule has 0 atom stereocenters. The molecule has 0 aromatic carbocycles. The van der Waals surface area contributed by atoms with E-state index in [-0.39, 0.29) is 24.5 Å². The molecular formula is C15H21NO6. The van der Waals surface area contributed by atoms with Crippen LogP contribution in [-0.4, -0.2) is 34.8 Å². The Morgan fingerprint density at radius 3 is 2.00 bits per heavy atom. The van der Waals surface area contributed by atoms with Crippen molar-refractivity contribution in [3.05, 3.63) is 27.2 Å². The highest BCUT2D eigenvalue weighted by Gasteiger charge is 2.29. The lowest BCUT2D eigenvalue weighted by molar-refractivity contribution is 0.0514. The molecule has 1 heterocycles. The van der Waals surface area contributed by atoms with Crippen molar-refractivity contribution in [1.82, 2.24) is 4.57 Å². The maximum atomic E-state index is 12.4. The van der Waals surface area contributed by atoms with E-state index in [9.17, 15) is 19.5 Å². The first-order valence-corrected chi connectivity index (χ1v) is 7.21. The van der Waals surface area contributed by atoms with Crippen molar-refractivity contribution in [2.24, 2.45) is 0 Å². The summed E-state index contributed by atoms with van der Waals surface area (Å²) < 4.78 is 11.0. The van der Waals surface area contributed by atoms with Crippen LogP contribution in [0.5, 0.6) is 5.75 Å². The molecule has 0 bridgehead atoms. The topological polar surface area (TPSA) is 94.8 Å². The summed E-state index contributed by atoms with van der Waals surface area (Å²) in [7, 11) is 0. The van der Waals surface area contributed by atoms with Gasteiger partial charge in [0.2, 0.25) is 0 Å². The summed E-state index contributed by atoms with van der Waals surface area (Å²) in [6, 6.07) is 0. The number of aromatic hydroxyl groups is 1. The van der Waals surface area contributed by atoms with Crippen LogP contribution < -0.4 is 5.56 Å². The van der Waals surface area contributed by atoms with Crippen LogP contribution in [0.15, 0.2) is 4.79 Å². The summed E-state index contributed by atoms with van der Waals surface area (Å²) in [5.41, 5.74) is -1.14. The van der Waals surface area contributed by atoms with Gasteiger partial charge in [-0.1, -0.05) is 6.92 Å². The van der Waals surface area contributed by atoms with Crippen molar-refractivity contribution < 1.29 is 24.2 Å². The van der Waals surface area contributed by atoms with E-state index in [1.54, 1.807) is 13.8 Å². The van der Waals surface area contributed by atoms with Crippen LogP contribution in [0.25, 0.3) is 0 Å². The van der Waals surface area contributed by atoms with Crippen molar-refractivity contribution in [3.63, 3.8) is 0 Å². The van der Waals surface area contributed by atoms with Gasteiger partial charge in [0.25, 0.3) is 5.56 Å². The van der Waals surface area contributed by atoms with Crippen molar-refractivity contribution in [1.29, 1.82) is 0 Å². The highest BCUT2D eigenvalue weighted by Crippen LogP contribution is 2.25. The lowest BCUT2D eigenvalue weighted by atomic mass is 10.1. The lowest BCUT2D eigenvalue weighted by Crippen LogP contribution is -2.31. The van der Waals surface area contributed by atoms with Crippen molar-refractivity contribution in [3.8, 4) is 5.75 Å². The Bertz CT molecular complexity index is 632. The van der Waals surface area contributed by atoms with Gasteiger partial charge < -0.3 is 19.1 Å². The Balaban J connectivity index is 3.67. The number of carbonyl (C=O) groups excluding carboxylic acids is 2. The Morgan fingerprint density at radius 1 is 1.05 bits per heavy atom. The molecule has 0 aliphatic heterocycles. The van der Waals surface area contributed by atoms with Gasteiger partial charge in [0.05, 0.1) is 13.2 Å². The van der Waals surface area contributed by atoms with Gasteiger partial charge in [0.1, 0.15) is 5.56 Å². The van der Waals surface area contributed by atoms with Gasteiger partial charge in [-0.2, -0.15) is 0 Å². The maximum Gasteiger partial charge on any atom is 0.347 e. The van der Waals surface area contributed by atoms with Gasteiger partial charge in [0.15, 0.2) is 11.3 Å². The molecule has 0 spiro atoms. The smallest absolute Gasteiger partial charge is 0.347 e. The molecular weight excluding hydrogens is 290 g/mol. The predicted octanol–water partition coefficient (Wildman–Crippen LogP) is 1.63. The van der Waals surface area contributed by atoms with Gasteiger partial charge in [-0.05, 0) is 27.2 Å². The lowest BCUT2D eigenvalue weighted by Gasteiger charge is -2.16. The Hall–Kier alpha value is -2.31. The molecule has 7 heteroatoms. The number of aromatic nitrogens is 1. The Morgan fingerprint density at radius 2 is 1.55 bits per heavy atom.